The average molecular weight is 532 g/mol. The molecule has 0 spiro atoms. The standard InChI is InChI=1S/C27H29N7O5/c1-16(24-32-22(23(35)26(37)33(24)4)25(36)31-19-12-30-39-14-19)21(20-9-7-6-8-17(20)10-28)18-11-29-34(13-18)15-27(2,3)38-5/h6-9,11-14,16,21,35H,15H2,1-5H3,(H,31,36)/t16-,21+/m1/s1. The number of benzene rings is 1. The van der Waals surface area contributed by atoms with Crippen molar-refractivity contribution in [2.45, 2.75) is 44.8 Å². The van der Waals surface area contributed by atoms with Gasteiger partial charge in [0.25, 0.3) is 11.5 Å². The Labute approximate surface area is 224 Å². The maximum atomic E-state index is 13.0. The number of aromatic nitrogens is 5. The van der Waals surface area contributed by atoms with Gasteiger partial charge in [0.2, 0.25) is 5.75 Å². The summed E-state index contributed by atoms with van der Waals surface area (Å²) in [6, 6.07) is 9.40. The topological polar surface area (TPSA) is 161 Å². The van der Waals surface area contributed by atoms with Gasteiger partial charge in [-0.2, -0.15) is 10.4 Å². The van der Waals surface area contributed by atoms with E-state index >= 15 is 0 Å². The van der Waals surface area contributed by atoms with E-state index in [4.69, 9.17) is 9.26 Å². The van der Waals surface area contributed by atoms with Crippen LogP contribution in [0.25, 0.3) is 0 Å². The van der Waals surface area contributed by atoms with Gasteiger partial charge in [-0.1, -0.05) is 30.3 Å². The molecule has 1 amide bonds. The summed E-state index contributed by atoms with van der Waals surface area (Å²) in [5.41, 5.74) is 0.477. The van der Waals surface area contributed by atoms with Gasteiger partial charge < -0.3 is 19.7 Å². The summed E-state index contributed by atoms with van der Waals surface area (Å²) in [7, 11) is 3.10. The van der Waals surface area contributed by atoms with Gasteiger partial charge in [-0.25, -0.2) is 4.98 Å². The molecule has 202 valence electrons. The van der Waals surface area contributed by atoms with Crippen molar-refractivity contribution in [1.29, 1.82) is 5.26 Å². The van der Waals surface area contributed by atoms with E-state index in [2.05, 4.69) is 26.6 Å². The zero-order chi connectivity index (χ0) is 28.3. The zero-order valence-electron chi connectivity index (χ0n) is 22.2. The third kappa shape index (κ3) is 5.58. The molecule has 0 fully saturated rings. The number of ether oxygens (including phenoxy) is 1. The maximum Gasteiger partial charge on any atom is 0.296 e. The molecule has 4 rings (SSSR count). The van der Waals surface area contributed by atoms with Crippen molar-refractivity contribution >= 4 is 11.6 Å². The van der Waals surface area contributed by atoms with Crippen molar-refractivity contribution < 1.29 is 19.2 Å². The number of carbonyl (C=O) groups is 1. The van der Waals surface area contributed by atoms with E-state index in [9.17, 15) is 20.0 Å². The molecule has 12 heteroatoms. The first kappa shape index (κ1) is 27.3. The fourth-order valence-corrected chi connectivity index (χ4v) is 4.47. The molecule has 2 N–H and O–H groups in total. The Balaban J connectivity index is 1.83. The minimum atomic E-state index is -0.801. The van der Waals surface area contributed by atoms with E-state index < -0.39 is 40.3 Å². The molecule has 3 heterocycles. The number of amides is 1. The van der Waals surface area contributed by atoms with Gasteiger partial charge in [-0.05, 0) is 31.0 Å². The number of hydrogen-bond acceptors (Lipinski definition) is 9. The van der Waals surface area contributed by atoms with Gasteiger partial charge in [0.1, 0.15) is 17.8 Å². The molecule has 3 aromatic heterocycles. The number of nitrogens with one attached hydrogen (secondary N) is 1. The molecule has 0 saturated carbocycles. The second kappa shape index (κ2) is 10.9. The lowest BCUT2D eigenvalue weighted by Gasteiger charge is -2.26. The number of nitriles is 1. The Hall–Kier alpha value is -4.76. The van der Waals surface area contributed by atoms with Crippen LogP contribution < -0.4 is 10.9 Å². The van der Waals surface area contributed by atoms with Crippen LogP contribution in [-0.4, -0.2) is 48.2 Å². The molecule has 4 aromatic rings. The van der Waals surface area contributed by atoms with Crippen molar-refractivity contribution in [3.05, 3.63) is 87.7 Å². The van der Waals surface area contributed by atoms with Crippen LogP contribution in [-0.2, 0) is 18.3 Å². The van der Waals surface area contributed by atoms with E-state index in [1.165, 1.54) is 24.1 Å². The fraction of sp³-hybridized carbons (Fsp3) is 0.333. The average Bonchev–Trinajstić information content (AvgIpc) is 3.60. The van der Waals surface area contributed by atoms with Crippen LogP contribution in [0.15, 0.2) is 58.4 Å². The summed E-state index contributed by atoms with van der Waals surface area (Å²) in [6.45, 7) is 6.22. The number of hydrogen-bond donors (Lipinski definition) is 2. The predicted molar refractivity (Wildman–Crippen MR) is 140 cm³/mol. The van der Waals surface area contributed by atoms with Crippen molar-refractivity contribution in [3.63, 3.8) is 0 Å². The summed E-state index contributed by atoms with van der Waals surface area (Å²) < 4.78 is 13.2. The number of rotatable bonds is 9. The normalized spacial score (nSPS) is 13.0. The third-order valence-electron chi connectivity index (χ3n) is 6.64. The van der Waals surface area contributed by atoms with Crippen molar-refractivity contribution in [2.75, 3.05) is 12.4 Å². The lowest BCUT2D eigenvalue weighted by Crippen LogP contribution is -2.30. The van der Waals surface area contributed by atoms with Crippen LogP contribution in [0.5, 0.6) is 5.75 Å². The first-order valence-electron chi connectivity index (χ1n) is 12.1. The van der Waals surface area contributed by atoms with Crippen LogP contribution in [0.2, 0.25) is 0 Å². The second-order valence-electron chi connectivity index (χ2n) is 9.80. The molecule has 0 aliphatic rings. The smallest absolute Gasteiger partial charge is 0.296 e. The Kier molecular flexibility index (Phi) is 7.64. The number of anilines is 1. The Morgan fingerprint density at radius 3 is 2.72 bits per heavy atom. The molecule has 0 saturated heterocycles. The van der Waals surface area contributed by atoms with Gasteiger partial charge in [-0.15, -0.1) is 0 Å². The second-order valence-corrected chi connectivity index (χ2v) is 9.80. The Morgan fingerprint density at radius 2 is 2.05 bits per heavy atom. The lowest BCUT2D eigenvalue weighted by molar-refractivity contribution is 0.00539. The summed E-state index contributed by atoms with van der Waals surface area (Å²) in [6.07, 6.45) is 6.06. The van der Waals surface area contributed by atoms with Gasteiger partial charge in [0, 0.05) is 32.2 Å². The van der Waals surface area contributed by atoms with E-state index in [0.717, 1.165) is 5.56 Å². The highest BCUT2D eigenvalue weighted by Crippen LogP contribution is 2.39. The highest BCUT2D eigenvalue weighted by atomic mass is 16.5. The minimum absolute atomic E-state index is 0.232. The summed E-state index contributed by atoms with van der Waals surface area (Å²) in [5.74, 6) is -2.36. The summed E-state index contributed by atoms with van der Waals surface area (Å²) in [5, 5.41) is 30.9. The van der Waals surface area contributed by atoms with Crippen LogP contribution in [0.1, 0.15) is 65.6 Å². The Bertz CT molecular complexity index is 1580. The van der Waals surface area contributed by atoms with Gasteiger partial charge in [-0.3, -0.25) is 18.8 Å². The van der Waals surface area contributed by atoms with Crippen molar-refractivity contribution in [2.24, 2.45) is 7.05 Å². The molecular formula is C27H29N7O5. The van der Waals surface area contributed by atoms with Gasteiger partial charge in [0.15, 0.2) is 5.69 Å². The van der Waals surface area contributed by atoms with Gasteiger partial charge in [0.05, 0.1) is 36.2 Å². The van der Waals surface area contributed by atoms with Gasteiger partial charge >= 0.3 is 0 Å². The van der Waals surface area contributed by atoms with Crippen LogP contribution in [0.4, 0.5) is 5.69 Å². The summed E-state index contributed by atoms with van der Waals surface area (Å²) >= 11 is 0. The monoisotopic (exact) mass is 531 g/mol. The molecule has 0 aliphatic heterocycles. The third-order valence-corrected chi connectivity index (χ3v) is 6.64. The van der Waals surface area contributed by atoms with Crippen molar-refractivity contribution in [3.8, 4) is 11.8 Å². The quantitative estimate of drug-likeness (QED) is 0.330. The van der Waals surface area contributed by atoms with Crippen LogP contribution >= 0.6 is 0 Å². The number of carbonyl (C=O) groups excluding carboxylic acids is 1. The largest absolute Gasteiger partial charge is 0.501 e. The molecule has 0 aliphatic carbocycles. The van der Waals surface area contributed by atoms with E-state index in [-0.39, 0.29) is 11.5 Å². The number of aromatic hydroxyl groups is 1. The van der Waals surface area contributed by atoms with Crippen LogP contribution in [0.3, 0.4) is 0 Å². The van der Waals surface area contributed by atoms with E-state index in [1.807, 2.05) is 39.1 Å². The molecule has 0 unspecified atom stereocenters. The number of methoxy groups -OCH3 is 1. The van der Waals surface area contributed by atoms with E-state index in [1.54, 1.807) is 30.1 Å². The molecule has 2 atom stereocenters. The van der Waals surface area contributed by atoms with Crippen molar-refractivity contribution in [1.82, 2.24) is 24.5 Å². The molecule has 39 heavy (non-hydrogen) atoms. The van der Waals surface area contributed by atoms with Crippen LogP contribution in [0, 0.1) is 11.3 Å². The predicted octanol–water partition coefficient (Wildman–Crippen LogP) is 3.15. The van der Waals surface area contributed by atoms with E-state index in [0.29, 0.717) is 17.7 Å². The lowest BCUT2D eigenvalue weighted by atomic mass is 9.80. The number of nitrogens with zero attached hydrogens (tertiary/aromatic N) is 6. The summed E-state index contributed by atoms with van der Waals surface area (Å²) in [4.78, 5) is 30.4. The molecular weight excluding hydrogens is 502 g/mol. The first-order chi connectivity index (χ1) is 18.6. The first-order valence-corrected chi connectivity index (χ1v) is 12.1. The minimum Gasteiger partial charge on any atom is -0.501 e. The fourth-order valence-electron chi connectivity index (χ4n) is 4.47. The SMILES string of the molecule is COC(C)(C)Cn1cc([C@@H](c2ccccc2C#N)[C@@H](C)c2nc(C(=O)Nc3cnoc3)c(O)c(=O)n2C)cn1. The molecule has 0 radical (unpaired) electrons. The zero-order valence-corrected chi connectivity index (χ0v) is 22.2. The highest BCUT2D eigenvalue weighted by molar-refractivity contribution is 6.04. The molecule has 1 aromatic carbocycles. The highest BCUT2D eigenvalue weighted by Gasteiger charge is 2.32. The molecule has 12 nitrogen and oxygen atoms in total. The molecule has 0 bridgehead atoms. The Morgan fingerprint density at radius 1 is 1.31 bits per heavy atom. The maximum absolute atomic E-state index is 13.0.